The Bertz CT molecular complexity index is 820. The number of carbonyl (C=O) groups is 1. The van der Waals surface area contributed by atoms with Crippen molar-refractivity contribution in [3.05, 3.63) is 15.4 Å². The van der Waals surface area contributed by atoms with Gasteiger partial charge in [0, 0.05) is 0 Å². The van der Waals surface area contributed by atoms with Crippen molar-refractivity contribution in [2.75, 3.05) is 12.3 Å². The van der Waals surface area contributed by atoms with E-state index in [1.165, 1.54) is 16.3 Å². The Kier molecular flexibility index (Phi) is 4.27. The summed E-state index contributed by atoms with van der Waals surface area (Å²) < 4.78 is 7.54. The maximum atomic E-state index is 12.4. The second kappa shape index (κ2) is 6.07. The van der Waals surface area contributed by atoms with Gasteiger partial charge in [-0.15, -0.1) is 11.8 Å². The number of thioether (sulfide) groups is 1. The maximum Gasteiger partial charge on any atom is 0.311 e. The van der Waals surface area contributed by atoms with Gasteiger partial charge in [-0.2, -0.15) is 4.98 Å². The van der Waals surface area contributed by atoms with E-state index in [0.29, 0.717) is 16.0 Å². The van der Waals surface area contributed by atoms with E-state index in [0.717, 1.165) is 11.3 Å². The van der Waals surface area contributed by atoms with Crippen LogP contribution >= 0.6 is 23.1 Å². The Balaban J connectivity index is 2.12. The first kappa shape index (κ1) is 16.2. The first-order chi connectivity index (χ1) is 10.9. The lowest BCUT2D eigenvalue weighted by molar-refractivity contribution is -0.137. The highest BCUT2D eigenvalue weighted by molar-refractivity contribution is 8.00. The average Bonchev–Trinajstić information content (AvgIpc) is 2.99. The molecule has 11 heteroatoms. The van der Waals surface area contributed by atoms with Gasteiger partial charge in [0.25, 0.3) is 0 Å². The summed E-state index contributed by atoms with van der Waals surface area (Å²) in [6, 6.07) is 0. The lowest BCUT2D eigenvalue weighted by Gasteiger charge is -2.17. The number of nitrogen functional groups attached to an aromatic ring is 1. The molecule has 0 unspecified atom stereocenters. The fraction of sp³-hybridized carbons (Fsp3) is 0.500. The first-order valence-corrected chi connectivity index (χ1v) is 8.45. The third kappa shape index (κ3) is 2.92. The number of ether oxygens (including phenoxy) is 1. The van der Waals surface area contributed by atoms with E-state index in [1.807, 2.05) is 0 Å². The van der Waals surface area contributed by atoms with Gasteiger partial charge in [-0.3, -0.25) is 14.2 Å². The summed E-state index contributed by atoms with van der Waals surface area (Å²) in [5.41, 5.74) is 5.97. The minimum absolute atomic E-state index is 0.0284. The van der Waals surface area contributed by atoms with Crippen LogP contribution < -0.4 is 10.6 Å². The summed E-state index contributed by atoms with van der Waals surface area (Å²) in [7, 11) is 0. The smallest absolute Gasteiger partial charge is 0.311 e. The van der Waals surface area contributed by atoms with Crippen LogP contribution in [0.2, 0.25) is 0 Å². The fourth-order valence-corrected chi connectivity index (χ4v) is 4.58. The molecule has 2 aromatic rings. The Morgan fingerprint density at radius 3 is 2.87 bits per heavy atom. The summed E-state index contributed by atoms with van der Waals surface area (Å²) in [6.07, 6.45) is -1.03. The van der Waals surface area contributed by atoms with E-state index in [9.17, 15) is 14.7 Å². The van der Waals surface area contributed by atoms with Crippen LogP contribution in [-0.4, -0.2) is 48.0 Å². The number of anilines is 1. The highest BCUT2D eigenvalue weighted by Crippen LogP contribution is 2.41. The number of aliphatic hydroxyl groups is 1. The van der Waals surface area contributed by atoms with Gasteiger partial charge in [0.1, 0.15) is 5.44 Å². The molecule has 1 fully saturated rings. The molecule has 0 radical (unpaired) electrons. The second-order valence-corrected chi connectivity index (χ2v) is 7.33. The minimum atomic E-state index is -1.01. The van der Waals surface area contributed by atoms with Crippen molar-refractivity contribution >= 4 is 45.4 Å². The van der Waals surface area contributed by atoms with E-state index in [4.69, 9.17) is 15.6 Å². The molecule has 0 amide bonds. The van der Waals surface area contributed by atoms with Crippen LogP contribution in [0.3, 0.4) is 0 Å². The lowest BCUT2D eigenvalue weighted by atomic mass is 10.2. The molecule has 1 aliphatic heterocycles. The number of fused-ring (bicyclic) bond motifs is 1. The zero-order chi connectivity index (χ0) is 16.7. The van der Waals surface area contributed by atoms with E-state index >= 15 is 0 Å². The standard InChI is InChI=1S/C12H14N4O5S2/c1-4-8-9(15-11(13)14-4)16(12(20)23-8)10-5(2-6(18)19)22-7(3-17)21-10/h5,7,10,17H,2-3H2,1H3,(H,18,19)(H2,13,14,15)/t5-,7+,10+/m1/s1. The van der Waals surface area contributed by atoms with Gasteiger partial charge in [-0.1, -0.05) is 11.3 Å². The van der Waals surface area contributed by atoms with Gasteiger partial charge in [0.2, 0.25) is 5.95 Å². The average molecular weight is 358 g/mol. The molecule has 0 spiro atoms. The van der Waals surface area contributed by atoms with E-state index in [-0.39, 0.29) is 23.8 Å². The molecule has 2 aromatic heterocycles. The Labute approximate surface area is 138 Å². The van der Waals surface area contributed by atoms with Crippen LogP contribution in [0.5, 0.6) is 0 Å². The van der Waals surface area contributed by atoms with Crippen molar-refractivity contribution in [3.63, 3.8) is 0 Å². The third-order valence-corrected chi connectivity index (χ3v) is 5.73. The van der Waals surface area contributed by atoms with E-state index in [1.54, 1.807) is 6.92 Å². The van der Waals surface area contributed by atoms with Gasteiger partial charge < -0.3 is 20.7 Å². The number of aliphatic carboxylic acids is 1. The van der Waals surface area contributed by atoms with Crippen molar-refractivity contribution in [3.8, 4) is 0 Å². The number of aromatic nitrogens is 3. The van der Waals surface area contributed by atoms with Crippen LogP contribution in [0.25, 0.3) is 10.3 Å². The fourth-order valence-electron chi connectivity index (χ4n) is 2.47. The topological polar surface area (TPSA) is 141 Å². The van der Waals surface area contributed by atoms with Gasteiger partial charge in [-0.05, 0) is 6.92 Å². The summed E-state index contributed by atoms with van der Waals surface area (Å²) in [4.78, 5) is 31.3. The molecular weight excluding hydrogens is 344 g/mol. The number of nitrogens with zero attached hydrogens (tertiary/aromatic N) is 3. The molecule has 4 N–H and O–H groups in total. The molecule has 0 saturated carbocycles. The summed E-state index contributed by atoms with van der Waals surface area (Å²) in [6.45, 7) is 1.44. The largest absolute Gasteiger partial charge is 0.481 e. The summed E-state index contributed by atoms with van der Waals surface area (Å²) in [5.74, 6) is -0.978. The van der Waals surface area contributed by atoms with Crippen LogP contribution in [0.15, 0.2) is 4.79 Å². The van der Waals surface area contributed by atoms with E-state index < -0.39 is 22.9 Å². The number of hydrogen-bond donors (Lipinski definition) is 3. The minimum Gasteiger partial charge on any atom is -0.481 e. The number of carboxylic acids is 1. The third-order valence-electron chi connectivity index (χ3n) is 3.36. The van der Waals surface area contributed by atoms with Crippen molar-refractivity contribution in [1.82, 2.24) is 14.5 Å². The number of aliphatic hydroxyl groups excluding tert-OH is 1. The first-order valence-electron chi connectivity index (χ1n) is 6.69. The maximum absolute atomic E-state index is 12.4. The molecule has 23 heavy (non-hydrogen) atoms. The quantitative estimate of drug-likeness (QED) is 0.697. The summed E-state index contributed by atoms with van der Waals surface area (Å²) >= 11 is 2.15. The van der Waals surface area contributed by atoms with Crippen molar-refractivity contribution in [2.45, 2.75) is 30.3 Å². The van der Waals surface area contributed by atoms with Crippen molar-refractivity contribution in [2.24, 2.45) is 0 Å². The lowest BCUT2D eigenvalue weighted by Crippen LogP contribution is -2.28. The molecule has 0 aliphatic carbocycles. The van der Waals surface area contributed by atoms with Crippen LogP contribution in [0.1, 0.15) is 18.3 Å². The number of carboxylic acid groups (broad SMARTS) is 1. The number of hydrogen-bond acceptors (Lipinski definition) is 9. The van der Waals surface area contributed by atoms with E-state index in [2.05, 4.69) is 9.97 Å². The molecule has 0 aromatic carbocycles. The molecule has 3 atom stereocenters. The number of rotatable bonds is 4. The van der Waals surface area contributed by atoms with Crippen LogP contribution in [0, 0.1) is 6.92 Å². The van der Waals surface area contributed by atoms with Crippen LogP contribution in [0.4, 0.5) is 5.95 Å². The molecule has 124 valence electrons. The Morgan fingerprint density at radius 2 is 2.22 bits per heavy atom. The monoisotopic (exact) mass is 358 g/mol. The predicted molar refractivity (Wildman–Crippen MR) is 85.5 cm³/mol. The highest BCUT2D eigenvalue weighted by Gasteiger charge is 2.40. The summed E-state index contributed by atoms with van der Waals surface area (Å²) in [5, 5.41) is 17.8. The number of aryl methyl sites for hydroxylation is 1. The highest BCUT2D eigenvalue weighted by atomic mass is 32.2. The SMILES string of the molecule is Cc1nc(N)nc2c1sc(=O)n2[C@H]1O[C@H](CO)S[C@@H]1CC(=O)O. The number of thiazole rings is 1. The molecule has 1 aliphatic rings. The van der Waals surface area contributed by atoms with Gasteiger partial charge in [-0.25, -0.2) is 4.98 Å². The van der Waals surface area contributed by atoms with Gasteiger partial charge in [0.15, 0.2) is 11.9 Å². The molecular formula is C12H14N4O5S2. The number of nitrogens with two attached hydrogens (primary N) is 1. The van der Waals surface area contributed by atoms with Crippen molar-refractivity contribution < 1.29 is 19.7 Å². The van der Waals surface area contributed by atoms with Gasteiger partial charge in [0.05, 0.1) is 28.7 Å². The second-order valence-electron chi connectivity index (χ2n) is 4.97. The molecule has 9 nitrogen and oxygen atoms in total. The molecule has 3 heterocycles. The van der Waals surface area contributed by atoms with Crippen LogP contribution in [-0.2, 0) is 9.53 Å². The molecule has 0 bridgehead atoms. The predicted octanol–water partition coefficient (Wildman–Crippen LogP) is 0.167. The Hall–Kier alpha value is -1.69. The molecule has 1 saturated heterocycles. The normalized spacial score (nSPS) is 24.3. The zero-order valence-corrected chi connectivity index (χ0v) is 13.6. The zero-order valence-electron chi connectivity index (χ0n) is 12.0. The van der Waals surface area contributed by atoms with Crippen molar-refractivity contribution in [1.29, 1.82) is 0 Å². The van der Waals surface area contributed by atoms with Gasteiger partial charge >= 0.3 is 10.8 Å². The Morgan fingerprint density at radius 1 is 1.48 bits per heavy atom. The molecule has 3 rings (SSSR count).